The largest absolute Gasteiger partial charge is 0.492 e. The zero-order chi connectivity index (χ0) is 26.0. The monoisotopic (exact) mass is 566 g/mol. The van der Waals surface area contributed by atoms with E-state index in [-0.39, 0.29) is 11.4 Å². The third kappa shape index (κ3) is 8.06. The van der Waals surface area contributed by atoms with Crippen LogP contribution in [0.15, 0.2) is 77.7 Å². The fourth-order valence-corrected chi connectivity index (χ4v) is 5.94. The van der Waals surface area contributed by atoms with Crippen molar-refractivity contribution >= 4 is 56.6 Å². The van der Waals surface area contributed by atoms with Crippen molar-refractivity contribution < 1.29 is 17.9 Å². The number of sulfonamides is 1. The number of carbonyl (C=O) groups is 1. The summed E-state index contributed by atoms with van der Waals surface area (Å²) in [6.45, 7) is 2.22. The molecule has 0 unspecified atom stereocenters. The third-order valence-electron chi connectivity index (χ3n) is 5.09. The maximum Gasteiger partial charge on any atom is 0.264 e. The molecule has 0 spiro atoms. The first-order valence-corrected chi connectivity index (χ1v) is 14.8. The van der Waals surface area contributed by atoms with Gasteiger partial charge in [0.1, 0.15) is 12.3 Å². The number of thioether (sulfide) groups is 1. The number of rotatable bonds is 13. The van der Waals surface area contributed by atoms with Gasteiger partial charge in [-0.3, -0.25) is 9.10 Å². The molecule has 0 bridgehead atoms. The van der Waals surface area contributed by atoms with E-state index < -0.39 is 15.9 Å². The van der Waals surface area contributed by atoms with Gasteiger partial charge in [-0.05, 0) is 73.2 Å². The highest BCUT2D eigenvalue weighted by Gasteiger charge is 2.29. The van der Waals surface area contributed by atoms with Gasteiger partial charge in [-0.25, -0.2) is 8.42 Å². The van der Waals surface area contributed by atoms with Crippen LogP contribution in [0.5, 0.6) is 5.75 Å². The van der Waals surface area contributed by atoms with Gasteiger partial charge in [0, 0.05) is 22.3 Å². The smallest absolute Gasteiger partial charge is 0.264 e. The summed E-state index contributed by atoms with van der Waals surface area (Å²) >= 11 is 13.6. The molecule has 3 aromatic rings. The number of halogens is 2. The second-order valence-corrected chi connectivity index (χ2v) is 11.6. The van der Waals surface area contributed by atoms with Crippen molar-refractivity contribution in [3.63, 3.8) is 0 Å². The molecule has 3 aromatic carbocycles. The zero-order valence-corrected chi connectivity index (χ0v) is 23.0. The molecule has 0 heterocycles. The highest BCUT2D eigenvalue weighted by atomic mass is 35.5. The molecular weight excluding hydrogens is 539 g/mol. The van der Waals surface area contributed by atoms with Crippen LogP contribution in [0.1, 0.15) is 18.9 Å². The van der Waals surface area contributed by atoms with Crippen LogP contribution in [0.25, 0.3) is 0 Å². The molecule has 0 aliphatic rings. The van der Waals surface area contributed by atoms with E-state index in [1.807, 2.05) is 31.2 Å². The predicted molar refractivity (Wildman–Crippen MR) is 149 cm³/mol. The first kappa shape index (κ1) is 28.2. The number of hydrogen-bond acceptors (Lipinski definition) is 5. The number of nitrogens with zero attached hydrogens (tertiary/aromatic N) is 1. The fourth-order valence-electron chi connectivity index (χ4n) is 3.33. The predicted octanol–water partition coefficient (Wildman–Crippen LogP) is 6.03. The van der Waals surface area contributed by atoms with Crippen LogP contribution in [0.2, 0.25) is 10.0 Å². The molecule has 0 radical (unpaired) electrons. The van der Waals surface area contributed by atoms with Crippen molar-refractivity contribution in [3.8, 4) is 5.75 Å². The maximum atomic E-state index is 13.5. The number of carbonyl (C=O) groups excluding carboxylic acids is 1. The molecule has 36 heavy (non-hydrogen) atoms. The molecular formula is C26H28Cl2N2O4S2. The van der Waals surface area contributed by atoms with E-state index >= 15 is 0 Å². The highest BCUT2D eigenvalue weighted by molar-refractivity contribution is 7.98. The Kier molecular flexibility index (Phi) is 10.8. The number of anilines is 1. The first-order valence-electron chi connectivity index (χ1n) is 11.4. The summed E-state index contributed by atoms with van der Waals surface area (Å²) in [6.07, 6.45) is 0.753. The van der Waals surface area contributed by atoms with E-state index in [1.165, 1.54) is 29.8 Å². The molecule has 0 fully saturated rings. The number of benzene rings is 3. The average molecular weight is 568 g/mol. The van der Waals surface area contributed by atoms with Crippen molar-refractivity contribution in [2.45, 2.75) is 24.0 Å². The molecule has 0 atom stereocenters. The third-order valence-corrected chi connectivity index (χ3v) is 8.48. The Hall–Kier alpha value is -2.39. The van der Waals surface area contributed by atoms with Crippen molar-refractivity contribution in [2.75, 3.05) is 29.8 Å². The van der Waals surface area contributed by atoms with Crippen molar-refractivity contribution in [3.05, 3.63) is 88.4 Å². The van der Waals surface area contributed by atoms with Crippen molar-refractivity contribution in [1.82, 2.24) is 5.32 Å². The molecule has 1 amide bonds. The second-order valence-electron chi connectivity index (χ2n) is 7.75. The summed E-state index contributed by atoms with van der Waals surface area (Å²) < 4.78 is 33.8. The van der Waals surface area contributed by atoms with Gasteiger partial charge >= 0.3 is 0 Å². The molecule has 10 heteroatoms. The Balaban J connectivity index is 1.64. The Labute approximate surface area is 227 Å². The standard InChI is InChI=1S/C26H28Cl2N2O4S2/c1-2-34-25-7-4-3-6-24(25)30(36(32,33)23-14-12-22(28)13-15-23)18-26(31)29-16-5-17-35-19-20-8-10-21(27)11-9-20/h3-4,6-15H,2,5,16-19H2,1H3,(H,29,31). The molecule has 3 rings (SSSR count). The summed E-state index contributed by atoms with van der Waals surface area (Å²) in [4.78, 5) is 12.8. The Bertz CT molecular complexity index is 1240. The van der Waals surface area contributed by atoms with Crippen LogP contribution < -0.4 is 14.4 Å². The topological polar surface area (TPSA) is 75.7 Å². The minimum atomic E-state index is -4.06. The normalized spacial score (nSPS) is 11.2. The molecule has 6 nitrogen and oxygen atoms in total. The summed E-state index contributed by atoms with van der Waals surface area (Å²) in [5, 5.41) is 3.96. The first-order chi connectivity index (χ1) is 17.3. The second kappa shape index (κ2) is 13.8. The lowest BCUT2D eigenvalue weighted by atomic mass is 10.2. The lowest BCUT2D eigenvalue weighted by molar-refractivity contribution is -0.119. The van der Waals surface area contributed by atoms with Crippen LogP contribution in [0.3, 0.4) is 0 Å². The summed E-state index contributed by atoms with van der Waals surface area (Å²) in [7, 11) is -4.06. The van der Waals surface area contributed by atoms with Gasteiger partial charge in [0.25, 0.3) is 10.0 Å². The molecule has 0 saturated heterocycles. The van der Waals surface area contributed by atoms with E-state index in [9.17, 15) is 13.2 Å². The highest BCUT2D eigenvalue weighted by Crippen LogP contribution is 2.32. The number of nitrogens with one attached hydrogen (secondary N) is 1. The van der Waals surface area contributed by atoms with Gasteiger partial charge in [-0.15, -0.1) is 0 Å². The Morgan fingerprint density at radius 2 is 1.61 bits per heavy atom. The SMILES string of the molecule is CCOc1ccccc1N(CC(=O)NCCCSCc1ccc(Cl)cc1)S(=O)(=O)c1ccc(Cl)cc1. The van der Waals surface area contributed by atoms with Crippen LogP contribution >= 0.6 is 35.0 Å². The van der Waals surface area contributed by atoms with Gasteiger partial charge in [0.15, 0.2) is 0 Å². The lowest BCUT2D eigenvalue weighted by Crippen LogP contribution is -2.41. The molecule has 1 N–H and O–H groups in total. The quantitative estimate of drug-likeness (QED) is 0.256. The van der Waals surface area contributed by atoms with Crippen LogP contribution in [0, 0.1) is 0 Å². The number of amides is 1. The van der Waals surface area contributed by atoms with E-state index in [2.05, 4.69) is 5.32 Å². The van der Waals surface area contributed by atoms with E-state index in [4.69, 9.17) is 27.9 Å². The number of ether oxygens (including phenoxy) is 1. The molecule has 0 saturated carbocycles. The minimum Gasteiger partial charge on any atom is -0.492 e. The molecule has 192 valence electrons. The minimum absolute atomic E-state index is 0.0320. The molecule has 0 aliphatic heterocycles. The van der Waals surface area contributed by atoms with Gasteiger partial charge in [-0.1, -0.05) is 47.5 Å². The summed E-state index contributed by atoms with van der Waals surface area (Å²) in [5.41, 5.74) is 1.48. The summed E-state index contributed by atoms with van der Waals surface area (Å²) in [6, 6.07) is 20.3. The van der Waals surface area contributed by atoms with Crippen molar-refractivity contribution in [2.24, 2.45) is 0 Å². The average Bonchev–Trinajstić information content (AvgIpc) is 2.86. The van der Waals surface area contributed by atoms with Gasteiger partial charge < -0.3 is 10.1 Å². The van der Waals surface area contributed by atoms with Crippen LogP contribution in [0.4, 0.5) is 5.69 Å². The summed E-state index contributed by atoms with van der Waals surface area (Å²) in [5.74, 6) is 1.68. The number of para-hydroxylation sites is 2. The lowest BCUT2D eigenvalue weighted by Gasteiger charge is -2.26. The van der Waals surface area contributed by atoms with Crippen LogP contribution in [-0.4, -0.2) is 39.8 Å². The Morgan fingerprint density at radius 1 is 0.972 bits per heavy atom. The van der Waals surface area contributed by atoms with Gasteiger partial charge in [-0.2, -0.15) is 11.8 Å². The zero-order valence-electron chi connectivity index (χ0n) is 19.8. The van der Waals surface area contributed by atoms with E-state index in [0.29, 0.717) is 34.6 Å². The molecule has 0 aromatic heterocycles. The van der Waals surface area contributed by atoms with Crippen molar-refractivity contribution in [1.29, 1.82) is 0 Å². The molecule has 0 aliphatic carbocycles. The maximum absolute atomic E-state index is 13.5. The van der Waals surface area contributed by atoms with E-state index in [0.717, 1.165) is 22.2 Å². The van der Waals surface area contributed by atoms with Crippen LogP contribution in [-0.2, 0) is 20.6 Å². The number of hydrogen-bond donors (Lipinski definition) is 1. The Morgan fingerprint density at radius 3 is 2.28 bits per heavy atom. The van der Waals surface area contributed by atoms with Gasteiger partial charge in [0.05, 0.1) is 17.2 Å². The fraction of sp³-hybridized carbons (Fsp3) is 0.269. The van der Waals surface area contributed by atoms with E-state index in [1.54, 1.807) is 36.0 Å². The van der Waals surface area contributed by atoms with Gasteiger partial charge in [0.2, 0.25) is 5.91 Å².